The summed E-state index contributed by atoms with van der Waals surface area (Å²) in [6.07, 6.45) is 3.19. The highest BCUT2D eigenvalue weighted by Crippen LogP contribution is 2.17. The molecule has 0 saturated heterocycles. The van der Waals surface area contributed by atoms with Crippen LogP contribution in [0.5, 0.6) is 0 Å². The van der Waals surface area contributed by atoms with E-state index in [9.17, 15) is 4.79 Å². The quantitative estimate of drug-likeness (QED) is 0.897. The van der Waals surface area contributed by atoms with E-state index in [-0.39, 0.29) is 5.91 Å². The van der Waals surface area contributed by atoms with Crippen LogP contribution in [0.2, 0.25) is 0 Å². The van der Waals surface area contributed by atoms with Crippen LogP contribution in [-0.4, -0.2) is 25.0 Å². The summed E-state index contributed by atoms with van der Waals surface area (Å²) in [4.78, 5) is 17.8. The predicted octanol–water partition coefficient (Wildman–Crippen LogP) is 2.40. The van der Waals surface area contributed by atoms with Crippen LogP contribution in [0.15, 0.2) is 48.8 Å². The van der Waals surface area contributed by atoms with Crippen LogP contribution in [0.25, 0.3) is 0 Å². The van der Waals surface area contributed by atoms with Crippen molar-refractivity contribution in [3.05, 3.63) is 54.4 Å². The van der Waals surface area contributed by atoms with Gasteiger partial charge in [-0.15, -0.1) is 0 Å². The number of hydrogen-bond donors (Lipinski definition) is 1. The monoisotopic (exact) mass is 241 g/mol. The molecule has 2 rings (SSSR count). The fourth-order valence-corrected chi connectivity index (χ4v) is 1.56. The van der Waals surface area contributed by atoms with Crippen LogP contribution in [0.3, 0.4) is 0 Å². The molecule has 0 fully saturated rings. The molecule has 92 valence electrons. The summed E-state index contributed by atoms with van der Waals surface area (Å²) in [6.45, 7) is 0. The standard InChI is InChI=1S/C14H15N3O/c1-17(2)13-7-3-6-12(9-13)16-14(18)11-5-4-8-15-10-11/h3-10H,1-2H3,(H,16,18). The minimum absolute atomic E-state index is 0.154. The van der Waals surface area contributed by atoms with Crippen molar-refractivity contribution >= 4 is 17.3 Å². The zero-order valence-electron chi connectivity index (χ0n) is 10.4. The van der Waals surface area contributed by atoms with Gasteiger partial charge in [-0.3, -0.25) is 9.78 Å². The van der Waals surface area contributed by atoms with Crippen molar-refractivity contribution in [3.63, 3.8) is 0 Å². The molecule has 1 heterocycles. The van der Waals surface area contributed by atoms with Gasteiger partial charge in [-0.25, -0.2) is 0 Å². The number of nitrogens with zero attached hydrogens (tertiary/aromatic N) is 2. The van der Waals surface area contributed by atoms with Gasteiger partial charge in [0.15, 0.2) is 0 Å². The fourth-order valence-electron chi connectivity index (χ4n) is 1.56. The highest BCUT2D eigenvalue weighted by molar-refractivity contribution is 6.04. The van der Waals surface area contributed by atoms with Crippen molar-refractivity contribution in [3.8, 4) is 0 Å². The van der Waals surface area contributed by atoms with E-state index in [1.807, 2.05) is 43.3 Å². The predicted molar refractivity (Wildman–Crippen MR) is 73.0 cm³/mol. The first-order valence-electron chi connectivity index (χ1n) is 5.65. The van der Waals surface area contributed by atoms with Gasteiger partial charge in [0.1, 0.15) is 0 Å². The Kier molecular flexibility index (Phi) is 3.57. The third-order valence-electron chi connectivity index (χ3n) is 2.54. The van der Waals surface area contributed by atoms with Gasteiger partial charge in [0.25, 0.3) is 5.91 Å². The molecule has 1 aromatic carbocycles. The summed E-state index contributed by atoms with van der Waals surface area (Å²) in [6, 6.07) is 11.2. The van der Waals surface area contributed by atoms with Crippen molar-refractivity contribution in [1.82, 2.24) is 4.98 Å². The molecule has 0 aliphatic heterocycles. The normalized spacial score (nSPS) is 9.89. The number of carbonyl (C=O) groups excluding carboxylic acids is 1. The Bertz CT molecular complexity index is 538. The number of amides is 1. The second-order valence-corrected chi connectivity index (χ2v) is 4.14. The molecule has 0 unspecified atom stereocenters. The molecule has 0 aliphatic rings. The highest BCUT2D eigenvalue weighted by atomic mass is 16.1. The molecule has 18 heavy (non-hydrogen) atoms. The Balaban J connectivity index is 2.15. The molecule has 0 radical (unpaired) electrons. The van der Waals surface area contributed by atoms with Crippen LogP contribution in [0, 0.1) is 0 Å². The summed E-state index contributed by atoms with van der Waals surface area (Å²) in [5.74, 6) is -0.154. The molecule has 2 aromatic rings. The van der Waals surface area contributed by atoms with Crippen molar-refractivity contribution < 1.29 is 4.79 Å². The van der Waals surface area contributed by atoms with Crippen molar-refractivity contribution in [1.29, 1.82) is 0 Å². The maximum atomic E-state index is 11.9. The maximum absolute atomic E-state index is 11.9. The lowest BCUT2D eigenvalue weighted by molar-refractivity contribution is 0.102. The second-order valence-electron chi connectivity index (χ2n) is 4.14. The molecule has 0 bridgehead atoms. The molecule has 0 saturated carbocycles. The largest absolute Gasteiger partial charge is 0.378 e. The van der Waals surface area contributed by atoms with Gasteiger partial charge in [0.05, 0.1) is 5.56 Å². The summed E-state index contributed by atoms with van der Waals surface area (Å²) >= 11 is 0. The number of benzene rings is 1. The van der Waals surface area contributed by atoms with Gasteiger partial charge in [0.2, 0.25) is 0 Å². The van der Waals surface area contributed by atoms with Gasteiger partial charge in [-0.1, -0.05) is 6.07 Å². The number of hydrogen-bond acceptors (Lipinski definition) is 3. The van der Waals surface area contributed by atoms with E-state index in [2.05, 4.69) is 10.3 Å². The molecule has 0 atom stereocenters. The van der Waals surface area contributed by atoms with E-state index in [1.54, 1.807) is 24.5 Å². The Morgan fingerprint density at radius 2 is 2.06 bits per heavy atom. The number of aromatic nitrogens is 1. The molecular formula is C14H15N3O. The lowest BCUT2D eigenvalue weighted by Crippen LogP contribution is -2.13. The Morgan fingerprint density at radius 3 is 2.72 bits per heavy atom. The van der Waals surface area contributed by atoms with Crippen molar-refractivity contribution in [2.75, 3.05) is 24.3 Å². The molecular weight excluding hydrogens is 226 g/mol. The zero-order chi connectivity index (χ0) is 13.0. The molecule has 1 N–H and O–H groups in total. The Morgan fingerprint density at radius 1 is 1.22 bits per heavy atom. The molecule has 4 nitrogen and oxygen atoms in total. The van der Waals surface area contributed by atoms with Gasteiger partial charge >= 0.3 is 0 Å². The van der Waals surface area contributed by atoms with E-state index in [4.69, 9.17) is 0 Å². The molecule has 1 aromatic heterocycles. The maximum Gasteiger partial charge on any atom is 0.257 e. The molecule has 4 heteroatoms. The third-order valence-corrected chi connectivity index (χ3v) is 2.54. The SMILES string of the molecule is CN(C)c1cccc(NC(=O)c2cccnc2)c1. The molecule has 1 amide bonds. The number of nitrogens with one attached hydrogen (secondary N) is 1. The highest BCUT2D eigenvalue weighted by Gasteiger charge is 2.06. The average Bonchev–Trinajstić information content (AvgIpc) is 2.40. The number of carbonyl (C=O) groups is 1. The van der Waals surface area contributed by atoms with E-state index in [1.165, 1.54) is 0 Å². The average molecular weight is 241 g/mol. The van der Waals surface area contributed by atoms with Gasteiger partial charge in [0, 0.05) is 37.9 Å². The topological polar surface area (TPSA) is 45.2 Å². The van der Waals surface area contributed by atoms with E-state index in [0.717, 1.165) is 11.4 Å². The smallest absolute Gasteiger partial charge is 0.257 e. The van der Waals surface area contributed by atoms with E-state index >= 15 is 0 Å². The fraction of sp³-hybridized carbons (Fsp3) is 0.143. The summed E-state index contributed by atoms with van der Waals surface area (Å²) in [5, 5.41) is 2.85. The first kappa shape index (κ1) is 12.1. The lowest BCUT2D eigenvalue weighted by Gasteiger charge is -2.13. The summed E-state index contributed by atoms with van der Waals surface area (Å²) in [5.41, 5.74) is 2.36. The van der Waals surface area contributed by atoms with Gasteiger partial charge in [-0.05, 0) is 30.3 Å². The van der Waals surface area contributed by atoms with Crippen LogP contribution in [-0.2, 0) is 0 Å². The Labute approximate surface area is 106 Å². The molecule has 0 spiro atoms. The van der Waals surface area contributed by atoms with Crippen LogP contribution >= 0.6 is 0 Å². The number of pyridine rings is 1. The number of anilines is 2. The lowest BCUT2D eigenvalue weighted by atomic mass is 10.2. The first-order valence-corrected chi connectivity index (χ1v) is 5.65. The number of rotatable bonds is 3. The van der Waals surface area contributed by atoms with E-state index in [0.29, 0.717) is 5.56 Å². The van der Waals surface area contributed by atoms with Crippen LogP contribution < -0.4 is 10.2 Å². The minimum Gasteiger partial charge on any atom is -0.378 e. The minimum atomic E-state index is -0.154. The first-order chi connectivity index (χ1) is 8.66. The van der Waals surface area contributed by atoms with Crippen molar-refractivity contribution in [2.45, 2.75) is 0 Å². The van der Waals surface area contributed by atoms with Crippen LogP contribution in [0.1, 0.15) is 10.4 Å². The second kappa shape index (κ2) is 5.31. The Hall–Kier alpha value is -2.36. The third kappa shape index (κ3) is 2.85. The van der Waals surface area contributed by atoms with E-state index < -0.39 is 0 Å². The summed E-state index contributed by atoms with van der Waals surface area (Å²) in [7, 11) is 3.92. The van der Waals surface area contributed by atoms with Crippen LogP contribution in [0.4, 0.5) is 11.4 Å². The van der Waals surface area contributed by atoms with Gasteiger partial charge in [-0.2, -0.15) is 0 Å². The molecule has 0 aliphatic carbocycles. The van der Waals surface area contributed by atoms with Gasteiger partial charge < -0.3 is 10.2 Å². The zero-order valence-corrected chi connectivity index (χ0v) is 10.4. The van der Waals surface area contributed by atoms with Crippen molar-refractivity contribution in [2.24, 2.45) is 0 Å². The summed E-state index contributed by atoms with van der Waals surface area (Å²) < 4.78 is 0.